The number of guanidine groups is 1. The predicted molar refractivity (Wildman–Crippen MR) is 99.1 cm³/mol. The lowest BCUT2D eigenvalue weighted by atomic mass is 10.1. The first-order valence-corrected chi connectivity index (χ1v) is 8.22. The van der Waals surface area contributed by atoms with Crippen LogP contribution in [0.3, 0.4) is 0 Å². The lowest BCUT2D eigenvalue weighted by Crippen LogP contribution is -2.36. The summed E-state index contributed by atoms with van der Waals surface area (Å²) in [6.07, 6.45) is 3.70. The second-order valence-electron chi connectivity index (χ2n) is 5.90. The molecule has 25 heavy (non-hydrogen) atoms. The van der Waals surface area contributed by atoms with Crippen LogP contribution in [0.15, 0.2) is 58.3 Å². The third-order valence-electron chi connectivity index (χ3n) is 4.00. The van der Waals surface area contributed by atoms with Gasteiger partial charge >= 0.3 is 0 Å². The molecule has 1 aromatic carbocycles. The number of nitrogens with one attached hydrogen (secondary N) is 2. The van der Waals surface area contributed by atoms with Crippen molar-refractivity contribution in [3.05, 3.63) is 65.8 Å². The Labute approximate surface area is 147 Å². The molecule has 0 aliphatic rings. The Morgan fingerprint density at radius 2 is 1.92 bits per heavy atom. The third-order valence-corrected chi connectivity index (χ3v) is 4.00. The Morgan fingerprint density at radius 3 is 2.60 bits per heavy atom. The molecule has 0 radical (unpaired) electrons. The van der Waals surface area contributed by atoms with E-state index in [9.17, 15) is 0 Å². The van der Waals surface area contributed by atoms with Gasteiger partial charge in [0, 0.05) is 31.5 Å². The molecule has 2 heterocycles. The van der Waals surface area contributed by atoms with Gasteiger partial charge in [0.15, 0.2) is 5.96 Å². The Bertz CT molecular complexity index is 845. The van der Waals surface area contributed by atoms with E-state index in [-0.39, 0.29) is 0 Å². The van der Waals surface area contributed by atoms with Crippen LogP contribution in [0.1, 0.15) is 17.0 Å². The van der Waals surface area contributed by atoms with Crippen molar-refractivity contribution in [1.82, 2.24) is 20.2 Å². The first-order valence-electron chi connectivity index (χ1n) is 8.22. The topological polar surface area (TPSA) is 67.4 Å². The van der Waals surface area contributed by atoms with Gasteiger partial charge in [-0.05, 0) is 31.2 Å². The minimum atomic E-state index is 0.544. The zero-order valence-electron chi connectivity index (χ0n) is 14.8. The van der Waals surface area contributed by atoms with Gasteiger partial charge in [0.25, 0.3) is 0 Å². The van der Waals surface area contributed by atoms with Crippen molar-refractivity contribution >= 4 is 5.96 Å². The average molecular weight is 337 g/mol. The van der Waals surface area contributed by atoms with E-state index in [1.807, 2.05) is 43.6 Å². The van der Waals surface area contributed by atoms with E-state index in [4.69, 9.17) is 4.42 Å². The monoisotopic (exact) mass is 337 g/mol. The van der Waals surface area contributed by atoms with Gasteiger partial charge in [-0.25, -0.2) is 4.98 Å². The minimum Gasteiger partial charge on any atom is -0.444 e. The molecular weight excluding hydrogens is 314 g/mol. The summed E-state index contributed by atoms with van der Waals surface area (Å²) in [4.78, 5) is 8.76. The van der Waals surface area contributed by atoms with Gasteiger partial charge in [-0.3, -0.25) is 4.99 Å². The number of aryl methyl sites for hydroxylation is 2. The van der Waals surface area contributed by atoms with E-state index in [0.717, 1.165) is 17.2 Å². The lowest BCUT2D eigenvalue weighted by molar-refractivity contribution is 0.572. The summed E-state index contributed by atoms with van der Waals surface area (Å²) in [7, 11) is 3.77. The molecule has 2 N–H and O–H groups in total. The standard InChI is InChI=1S/C19H23N5O/c1-14-6-8-15(9-7-14)18-23-16(13-25-18)11-21-19(20-2)22-12-17-5-4-10-24(17)3/h4-10,13H,11-12H2,1-3H3,(H2,20,21,22). The highest BCUT2D eigenvalue weighted by Crippen LogP contribution is 2.18. The fourth-order valence-electron chi connectivity index (χ4n) is 2.47. The molecule has 6 heteroatoms. The fourth-order valence-corrected chi connectivity index (χ4v) is 2.47. The fraction of sp³-hybridized carbons (Fsp3) is 0.263. The second-order valence-corrected chi connectivity index (χ2v) is 5.90. The summed E-state index contributed by atoms with van der Waals surface area (Å²) >= 11 is 0. The van der Waals surface area contributed by atoms with Crippen LogP contribution in [0.25, 0.3) is 11.5 Å². The number of nitrogens with zero attached hydrogens (tertiary/aromatic N) is 3. The van der Waals surface area contributed by atoms with Gasteiger partial charge in [0.1, 0.15) is 6.26 Å². The predicted octanol–water partition coefficient (Wildman–Crippen LogP) is 2.85. The normalized spacial score (nSPS) is 11.6. The lowest BCUT2D eigenvalue weighted by Gasteiger charge is -2.11. The quantitative estimate of drug-likeness (QED) is 0.555. The molecule has 130 valence electrons. The SMILES string of the molecule is CN=C(NCc1coc(-c2ccc(C)cc2)n1)NCc1cccn1C. The molecule has 2 aromatic heterocycles. The van der Waals surface area contributed by atoms with Gasteiger partial charge < -0.3 is 19.6 Å². The molecule has 3 rings (SSSR count). The van der Waals surface area contributed by atoms with Crippen LogP contribution >= 0.6 is 0 Å². The number of hydrogen-bond acceptors (Lipinski definition) is 3. The maximum absolute atomic E-state index is 5.58. The summed E-state index contributed by atoms with van der Waals surface area (Å²) in [6.45, 7) is 3.31. The third kappa shape index (κ3) is 4.29. The van der Waals surface area contributed by atoms with Crippen molar-refractivity contribution in [3.8, 4) is 11.5 Å². The largest absolute Gasteiger partial charge is 0.444 e. The van der Waals surface area contributed by atoms with Gasteiger partial charge in [-0.15, -0.1) is 0 Å². The maximum atomic E-state index is 5.58. The molecule has 3 aromatic rings. The summed E-state index contributed by atoms with van der Waals surface area (Å²) in [5.74, 6) is 1.35. The van der Waals surface area contributed by atoms with Gasteiger partial charge in [-0.1, -0.05) is 17.7 Å². The van der Waals surface area contributed by atoms with Crippen LogP contribution in [0, 0.1) is 6.92 Å². The van der Waals surface area contributed by atoms with Gasteiger partial charge in [0.2, 0.25) is 5.89 Å². The highest BCUT2D eigenvalue weighted by atomic mass is 16.3. The molecule has 0 unspecified atom stereocenters. The molecular formula is C19H23N5O. The maximum Gasteiger partial charge on any atom is 0.226 e. The number of aliphatic imine (C=N–C) groups is 1. The molecule has 0 saturated carbocycles. The van der Waals surface area contributed by atoms with Crippen LogP contribution in [-0.4, -0.2) is 22.6 Å². The van der Waals surface area contributed by atoms with E-state index in [1.54, 1.807) is 13.3 Å². The van der Waals surface area contributed by atoms with E-state index in [2.05, 4.69) is 38.2 Å². The number of rotatable bonds is 5. The van der Waals surface area contributed by atoms with Crippen LogP contribution < -0.4 is 10.6 Å². The van der Waals surface area contributed by atoms with Gasteiger partial charge in [-0.2, -0.15) is 0 Å². The number of oxazole rings is 1. The molecule has 0 spiro atoms. The van der Waals surface area contributed by atoms with E-state index >= 15 is 0 Å². The van der Waals surface area contributed by atoms with Crippen molar-refractivity contribution in [1.29, 1.82) is 0 Å². The first-order chi connectivity index (χ1) is 12.2. The Kier molecular flexibility index (Phi) is 5.18. The Balaban J connectivity index is 1.55. The molecule has 0 bridgehead atoms. The van der Waals surface area contributed by atoms with E-state index < -0.39 is 0 Å². The van der Waals surface area contributed by atoms with Crippen molar-refractivity contribution < 1.29 is 4.42 Å². The summed E-state index contributed by atoms with van der Waals surface area (Å²) in [6, 6.07) is 12.2. The zero-order chi connectivity index (χ0) is 17.6. The molecule has 0 aliphatic heterocycles. The van der Waals surface area contributed by atoms with Crippen LogP contribution in [0.4, 0.5) is 0 Å². The zero-order valence-corrected chi connectivity index (χ0v) is 14.8. The van der Waals surface area contributed by atoms with E-state index in [0.29, 0.717) is 19.0 Å². The molecule has 0 saturated heterocycles. The van der Waals surface area contributed by atoms with Crippen molar-refractivity contribution in [2.45, 2.75) is 20.0 Å². The van der Waals surface area contributed by atoms with Gasteiger partial charge in [0.05, 0.1) is 18.8 Å². The van der Waals surface area contributed by atoms with Crippen molar-refractivity contribution in [3.63, 3.8) is 0 Å². The molecule has 0 amide bonds. The van der Waals surface area contributed by atoms with Crippen LogP contribution in [-0.2, 0) is 20.1 Å². The summed E-state index contributed by atoms with van der Waals surface area (Å²) < 4.78 is 7.65. The number of benzene rings is 1. The number of aromatic nitrogens is 2. The first kappa shape index (κ1) is 16.8. The molecule has 0 aliphatic carbocycles. The van der Waals surface area contributed by atoms with E-state index in [1.165, 1.54) is 11.3 Å². The molecule has 0 fully saturated rings. The number of hydrogen-bond donors (Lipinski definition) is 2. The van der Waals surface area contributed by atoms with Crippen LogP contribution in [0.5, 0.6) is 0 Å². The summed E-state index contributed by atoms with van der Waals surface area (Å²) in [5, 5.41) is 6.54. The smallest absolute Gasteiger partial charge is 0.226 e. The van der Waals surface area contributed by atoms with Crippen molar-refractivity contribution in [2.24, 2.45) is 12.0 Å². The Hall–Kier alpha value is -3.02. The molecule has 0 atom stereocenters. The highest BCUT2D eigenvalue weighted by molar-refractivity contribution is 5.79. The Morgan fingerprint density at radius 1 is 1.16 bits per heavy atom. The highest BCUT2D eigenvalue weighted by Gasteiger charge is 2.07. The minimum absolute atomic E-state index is 0.544. The van der Waals surface area contributed by atoms with Crippen LogP contribution in [0.2, 0.25) is 0 Å². The van der Waals surface area contributed by atoms with Crippen molar-refractivity contribution in [2.75, 3.05) is 7.05 Å². The summed E-state index contributed by atoms with van der Waals surface area (Å²) in [5.41, 5.74) is 4.21. The molecule has 6 nitrogen and oxygen atoms in total. The second kappa shape index (κ2) is 7.70. The average Bonchev–Trinajstić information content (AvgIpc) is 3.25.